The van der Waals surface area contributed by atoms with Crippen LogP contribution in [0, 0.1) is 0 Å². The molecular formula is C17H25BrO3. The second-order valence-electron chi connectivity index (χ2n) is 6.62. The molecule has 0 bridgehead atoms. The van der Waals surface area contributed by atoms with Crippen molar-refractivity contribution in [1.29, 1.82) is 0 Å². The second-order valence-corrected chi connectivity index (χ2v) is 7.18. The fourth-order valence-corrected chi connectivity index (χ4v) is 3.20. The van der Waals surface area contributed by atoms with Gasteiger partial charge in [-0.25, -0.2) is 0 Å². The van der Waals surface area contributed by atoms with Gasteiger partial charge in [0.2, 0.25) is 0 Å². The molecule has 3 nitrogen and oxygen atoms in total. The molecule has 1 heterocycles. The lowest BCUT2D eigenvalue weighted by atomic mass is 9.97. The van der Waals surface area contributed by atoms with Crippen molar-refractivity contribution in [2.75, 3.05) is 6.61 Å². The lowest BCUT2D eigenvalue weighted by molar-refractivity contribution is -0.0847. The zero-order valence-corrected chi connectivity index (χ0v) is 15.1. The summed E-state index contributed by atoms with van der Waals surface area (Å²) in [7, 11) is 0. The Bertz CT molecular complexity index is 497. The standard InChI is InChI=1S/C17H25BrO3/c1-6-19-14-9-12(11-18)7-8-13(14)20-15-10-16(2,3)21-17(15,4)5/h7-9,15H,6,10-11H2,1-5H3. The van der Waals surface area contributed by atoms with E-state index < -0.39 is 0 Å². The highest BCUT2D eigenvalue weighted by Gasteiger charge is 2.47. The van der Waals surface area contributed by atoms with Crippen molar-refractivity contribution in [3.05, 3.63) is 23.8 Å². The van der Waals surface area contributed by atoms with Crippen molar-refractivity contribution in [1.82, 2.24) is 0 Å². The van der Waals surface area contributed by atoms with E-state index in [9.17, 15) is 0 Å². The molecular weight excluding hydrogens is 332 g/mol. The van der Waals surface area contributed by atoms with Gasteiger partial charge in [-0.1, -0.05) is 22.0 Å². The van der Waals surface area contributed by atoms with Crippen molar-refractivity contribution in [2.45, 2.75) is 63.7 Å². The molecule has 4 heteroatoms. The van der Waals surface area contributed by atoms with Crippen LogP contribution >= 0.6 is 15.9 Å². The van der Waals surface area contributed by atoms with E-state index in [2.05, 4.69) is 49.7 Å². The molecule has 1 aliphatic rings. The van der Waals surface area contributed by atoms with Crippen molar-refractivity contribution in [2.24, 2.45) is 0 Å². The van der Waals surface area contributed by atoms with Crippen molar-refractivity contribution in [3.8, 4) is 11.5 Å². The molecule has 0 aliphatic carbocycles. The van der Waals surface area contributed by atoms with Crippen LogP contribution in [0.25, 0.3) is 0 Å². The number of rotatable bonds is 5. The van der Waals surface area contributed by atoms with Crippen LogP contribution in [0.2, 0.25) is 0 Å². The molecule has 0 radical (unpaired) electrons. The molecule has 1 aromatic rings. The first-order valence-electron chi connectivity index (χ1n) is 7.46. The Morgan fingerprint density at radius 3 is 2.48 bits per heavy atom. The summed E-state index contributed by atoms with van der Waals surface area (Å²) in [5.41, 5.74) is 0.713. The zero-order chi connectivity index (χ0) is 15.7. The van der Waals surface area contributed by atoms with Crippen LogP contribution in [-0.2, 0) is 10.1 Å². The van der Waals surface area contributed by atoms with Crippen molar-refractivity contribution >= 4 is 15.9 Å². The van der Waals surface area contributed by atoms with Crippen LogP contribution in [0.1, 0.15) is 46.6 Å². The molecule has 2 rings (SSSR count). The van der Waals surface area contributed by atoms with Gasteiger partial charge in [0, 0.05) is 11.8 Å². The molecule has 1 atom stereocenters. The molecule has 1 aliphatic heterocycles. The van der Waals surface area contributed by atoms with Gasteiger partial charge < -0.3 is 14.2 Å². The minimum absolute atomic E-state index is 0.0153. The summed E-state index contributed by atoms with van der Waals surface area (Å²) in [5.74, 6) is 1.59. The lowest BCUT2D eigenvalue weighted by Crippen LogP contribution is -2.36. The molecule has 21 heavy (non-hydrogen) atoms. The van der Waals surface area contributed by atoms with Gasteiger partial charge in [0.1, 0.15) is 11.7 Å². The summed E-state index contributed by atoms with van der Waals surface area (Å²) < 4.78 is 18.1. The maximum atomic E-state index is 6.24. The van der Waals surface area contributed by atoms with Crippen LogP contribution in [-0.4, -0.2) is 23.9 Å². The minimum atomic E-state index is -0.304. The topological polar surface area (TPSA) is 27.7 Å². The maximum Gasteiger partial charge on any atom is 0.161 e. The molecule has 1 saturated heterocycles. The maximum absolute atomic E-state index is 6.24. The summed E-state index contributed by atoms with van der Waals surface area (Å²) in [6.45, 7) is 11.0. The number of hydrogen-bond donors (Lipinski definition) is 0. The fourth-order valence-electron chi connectivity index (χ4n) is 2.85. The molecule has 1 aromatic carbocycles. The van der Waals surface area contributed by atoms with Gasteiger partial charge in [0.25, 0.3) is 0 Å². The number of ether oxygens (including phenoxy) is 3. The summed E-state index contributed by atoms with van der Waals surface area (Å²) in [4.78, 5) is 0. The van der Waals surface area contributed by atoms with Gasteiger partial charge in [0.15, 0.2) is 11.5 Å². The molecule has 0 aromatic heterocycles. The molecule has 0 saturated carbocycles. The quantitative estimate of drug-likeness (QED) is 0.715. The minimum Gasteiger partial charge on any atom is -0.490 e. The van der Waals surface area contributed by atoms with Gasteiger partial charge >= 0.3 is 0 Å². The lowest BCUT2D eigenvalue weighted by Gasteiger charge is -2.28. The van der Waals surface area contributed by atoms with E-state index in [1.54, 1.807) is 0 Å². The van der Waals surface area contributed by atoms with E-state index in [-0.39, 0.29) is 17.3 Å². The van der Waals surface area contributed by atoms with Gasteiger partial charge in [-0.2, -0.15) is 0 Å². The Balaban J connectivity index is 2.23. The van der Waals surface area contributed by atoms with Gasteiger partial charge in [0.05, 0.1) is 12.2 Å². The van der Waals surface area contributed by atoms with E-state index in [1.165, 1.54) is 5.56 Å². The SMILES string of the molecule is CCOc1cc(CBr)ccc1OC1CC(C)(C)OC1(C)C. The average Bonchev–Trinajstić information content (AvgIpc) is 2.59. The van der Waals surface area contributed by atoms with Crippen LogP contribution in [0.5, 0.6) is 11.5 Å². The third-order valence-electron chi connectivity index (χ3n) is 3.72. The average molecular weight is 357 g/mol. The zero-order valence-electron chi connectivity index (χ0n) is 13.5. The number of benzene rings is 1. The Labute approximate surface area is 136 Å². The Morgan fingerprint density at radius 1 is 1.24 bits per heavy atom. The summed E-state index contributed by atoms with van der Waals surface area (Å²) in [6.07, 6.45) is 0.882. The van der Waals surface area contributed by atoms with E-state index in [0.29, 0.717) is 6.61 Å². The molecule has 1 unspecified atom stereocenters. The smallest absolute Gasteiger partial charge is 0.161 e. The highest BCUT2D eigenvalue weighted by atomic mass is 79.9. The van der Waals surface area contributed by atoms with E-state index >= 15 is 0 Å². The number of alkyl halides is 1. The third kappa shape index (κ3) is 3.92. The Kier molecular flexibility index (Phi) is 4.89. The molecule has 118 valence electrons. The monoisotopic (exact) mass is 356 g/mol. The highest BCUT2D eigenvalue weighted by molar-refractivity contribution is 9.08. The predicted molar refractivity (Wildman–Crippen MR) is 88.5 cm³/mol. The fraction of sp³-hybridized carbons (Fsp3) is 0.647. The molecule has 1 fully saturated rings. The van der Waals surface area contributed by atoms with Crippen molar-refractivity contribution in [3.63, 3.8) is 0 Å². The number of halogens is 1. The normalized spacial score (nSPS) is 23.0. The summed E-state index contributed by atoms with van der Waals surface area (Å²) >= 11 is 3.47. The van der Waals surface area contributed by atoms with Gasteiger partial charge in [-0.05, 0) is 52.3 Å². The highest BCUT2D eigenvalue weighted by Crippen LogP contribution is 2.41. The molecule has 0 spiro atoms. The largest absolute Gasteiger partial charge is 0.490 e. The van der Waals surface area contributed by atoms with Gasteiger partial charge in [-0.15, -0.1) is 0 Å². The predicted octanol–water partition coefficient (Wildman–Crippen LogP) is 4.71. The Morgan fingerprint density at radius 2 is 1.95 bits per heavy atom. The Hall–Kier alpha value is -0.740. The third-order valence-corrected chi connectivity index (χ3v) is 4.37. The van der Waals surface area contributed by atoms with E-state index in [4.69, 9.17) is 14.2 Å². The number of hydrogen-bond acceptors (Lipinski definition) is 3. The first-order chi connectivity index (χ1) is 9.77. The van der Waals surface area contributed by atoms with E-state index in [1.807, 2.05) is 19.1 Å². The van der Waals surface area contributed by atoms with Crippen LogP contribution < -0.4 is 9.47 Å². The first kappa shape index (κ1) is 16.6. The van der Waals surface area contributed by atoms with E-state index in [0.717, 1.165) is 23.2 Å². The van der Waals surface area contributed by atoms with Gasteiger partial charge in [-0.3, -0.25) is 0 Å². The first-order valence-corrected chi connectivity index (χ1v) is 8.58. The summed E-state index contributed by atoms with van der Waals surface area (Å²) in [6, 6.07) is 6.07. The van der Waals surface area contributed by atoms with Crippen LogP contribution in [0.15, 0.2) is 18.2 Å². The summed E-state index contributed by atoms with van der Waals surface area (Å²) in [5, 5.41) is 0.804. The molecule has 0 amide bonds. The van der Waals surface area contributed by atoms with Crippen LogP contribution in [0.4, 0.5) is 0 Å². The molecule has 0 N–H and O–H groups in total. The van der Waals surface area contributed by atoms with Crippen molar-refractivity contribution < 1.29 is 14.2 Å². The van der Waals surface area contributed by atoms with Crippen LogP contribution in [0.3, 0.4) is 0 Å². The second kappa shape index (κ2) is 6.17.